The van der Waals surface area contributed by atoms with E-state index in [2.05, 4.69) is 35.6 Å². The number of fused-ring (bicyclic) bond motifs is 1. The molecule has 1 aliphatic heterocycles. The van der Waals surface area contributed by atoms with Crippen LogP contribution in [0.2, 0.25) is 0 Å². The summed E-state index contributed by atoms with van der Waals surface area (Å²) >= 11 is 0. The van der Waals surface area contributed by atoms with Gasteiger partial charge < -0.3 is 10.2 Å². The van der Waals surface area contributed by atoms with E-state index in [1.54, 1.807) is 4.68 Å². The summed E-state index contributed by atoms with van der Waals surface area (Å²) in [5.74, 6) is 1.52. The second-order valence-electron chi connectivity index (χ2n) is 5.73. The van der Waals surface area contributed by atoms with Gasteiger partial charge >= 0.3 is 0 Å². The number of aromatic nitrogens is 6. The summed E-state index contributed by atoms with van der Waals surface area (Å²) in [6, 6.07) is 0. The quantitative estimate of drug-likeness (QED) is 0.770. The summed E-state index contributed by atoms with van der Waals surface area (Å²) in [7, 11) is 1.90. The van der Waals surface area contributed by atoms with Gasteiger partial charge in [-0.15, -0.1) is 0 Å². The van der Waals surface area contributed by atoms with Crippen LogP contribution in [0.1, 0.15) is 24.8 Å². The van der Waals surface area contributed by atoms with E-state index in [4.69, 9.17) is 4.63 Å². The van der Waals surface area contributed by atoms with Crippen molar-refractivity contribution in [2.75, 3.05) is 23.3 Å². The Hall–Kier alpha value is -2.71. The van der Waals surface area contributed by atoms with Crippen LogP contribution in [0.25, 0.3) is 11.3 Å². The monoisotopic (exact) mass is 314 g/mol. The molecule has 3 aromatic heterocycles. The molecule has 9 nitrogen and oxygen atoms in total. The number of aryl methyl sites for hydroxylation is 1. The van der Waals surface area contributed by atoms with Crippen LogP contribution in [0.4, 0.5) is 11.6 Å². The minimum Gasteiger partial charge on any atom is -0.363 e. The van der Waals surface area contributed by atoms with Gasteiger partial charge in [0.2, 0.25) is 11.3 Å². The highest BCUT2D eigenvalue weighted by atomic mass is 16.6. The minimum atomic E-state index is 0.416. The van der Waals surface area contributed by atoms with E-state index >= 15 is 0 Å². The fourth-order valence-electron chi connectivity index (χ4n) is 2.82. The van der Waals surface area contributed by atoms with Gasteiger partial charge in [-0.2, -0.15) is 5.10 Å². The van der Waals surface area contributed by atoms with Gasteiger partial charge in [0.1, 0.15) is 0 Å². The molecule has 1 fully saturated rings. The van der Waals surface area contributed by atoms with E-state index in [-0.39, 0.29) is 0 Å². The first kappa shape index (κ1) is 13.9. The molecule has 0 atom stereocenters. The van der Waals surface area contributed by atoms with Gasteiger partial charge in [-0.25, -0.2) is 14.6 Å². The average Bonchev–Trinajstić information content (AvgIpc) is 3.21. The van der Waals surface area contributed by atoms with Gasteiger partial charge in [0.05, 0.1) is 6.20 Å². The molecule has 1 aliphatic rings. The molecule has 23 heavy (non-hydrogen) atoms. The van der Waals surface area contributed by atoms with Crippen LogP contribution in [0.15, 0.2) is 17.0 Å². The molecule has 0 aromatic carbocycles. The maximum Gasteiger partial charge on any atom is 0.245 e. The molecule has 3 aromatic rings. The Morgan fingerprint density at radius 3 is 2.65 bits per heavy atom. The zero-order valence-electron chi connectivity index (χ0n) is 12.9. The van der Waals surface area contributed by atoms with Gasteiger partial charge in [0.15, 0.2) is 11.6 Å². The summed E-state index contributed by atoms with van der Waals surface area (Å²) in [5, 5.41) is 15.1. The Balaban J connectivity index is 1.64. The first-order valence-corrected chi connectivity index (χ1v) is 7.76. The molecule has 0 spiro atoms. The molecule has 9 heteroatoms. The lowest BCUT2D eigenvalue weighted by atomic mass is 10.1. The Kier molecular flexibility index (Phi) is 3.52. The third-order valence-electron chi connectivity index (χ3n) is 3.97. The minimum absolute atomic E-state index is 0.416. The van der Waals surface area contributed by atoms with Crippen molar-refractivity contribution in [1.82, 2.24) is 30.1 Å². The van der Waals surface area contributed by atoms with Crippen LogP contribution < -0.4 is 10.2 Å². The van der Waals surface area contributed by atoms with Crippen molar-refractivity contribution in [3.8, 4) is 0 Å². The summed E-state index contributed by atoms with van der Waals surface area (Å²) in [6.07, 6.45) is 7.39. The van der Waals surface area contributed by atoms with Crippen molar-refractivity contribution in [2.24, 2.45) is 7.05 Å². The molecule has 0 saturated carbocycles. The zero-order chi connectivity index (χ0) is 15.6. The van der Waals surface area contributed by atoms with Crippen LogP contribution in [0.3, 0.4) is 0 Å². The highest BCUT2D eigenvalue weighted by Crippen LogP contribution is 2.26. The van der Waals surface area contributed by atoms with Crippen molar-refractivity contribution in [3.63, 3.8) is 0 Å². The fraction of sp³-hybridized carbons (Fsp3) is 0.500. The van der Waals surface area contributed by atoms with Crippen LogP contribution >= 0.6 is 0 Å². The molecule has 4 rings (SSSR count). The SMILES string of the molecule is Cn1cc(CNc2nc3nonc3nc2N2CCCCC2)cn1. The molecule has 4 heterocycles. The Labute approximate surface area is 132 Å². The highest BCUT2D eigenvalue weighted by molar-refractivity contribution is 5.74. The number of hydrogen-bond donors (Lipinski definition) is 1. The maximum absolute atomic E-state index is 4.74. The van der Waals surface area contributed by atoms with E-state index in [1.807, 2.05) is 19.4 Å². The van der Waals surface area contributed by atoms with Crippen molar-refractivity contribution >= 4 is 22.9 Å². The molecule has 0 aliphatic carbocycles. The summed E-state index contributed by atoms with van der Waals surface area (Å²) < 4.78 is 6.52. The van der Waals surface area contributed by atoms with E-state index in [9.17, 15) is 0 Å². The van der Waals surface area contributed by atoms with E-state index in [0.29, 0.717) is 23.7 Å². The second kappa shape index (κ2) is 5.82. The normalized spacial score (nSPS) is 15.3. The lowest BCUT2D eigenvalue weighted by Gasteiger charge is -2.28. The van der Waals surface area contributed by atoms with Crippen LogP contribution in [-0.4, -0.2) is 43.2 Å². The average molecular weight is 314 g/mol. The van der Waals surface area contributed by atoms with Crippen LogP contribution in [-0.2, 0) is 13.6 Å². The van der Waals surface area contributed by atoms with Crippen molar-refractivity contribution in [2.45, 2.75) is 25.8 Å². The number of anilines is 2. The standard InChI is InChI=1S/C14H18N8O/c1-21-9-10(8-16-21)7-15-13-14(22-5-3-2-4-6-22)18-12-11(17-13)19-23-20-12/h8-9H,2-7H2,1H3,(H,15,17,19). The molecular weight excluding hydrogens is 296 g/mol. The third-order valence-corrected chi connectivity index (χ3v) is 3.97. The molecule has 1 N–H and O–H groups in total. The number of nitrogens with zero attached hydrogens (tertiary/aromatic N) is 7. The number of nitrogens with one attached hydrogen (secondary N) is 1. The molecule has 0 bridgehead atoms. The predicted octanol–water partition coefficient (Wildman–Crippen LogP) is 1.35. The Morgan fingerprint density at radius 1 is 1.13 bits per heavy atom. The van der Waals surface area contributed by atoms with Crippen molar-refractivity contribution in [1.29, 1.82) is 0 Å². The molecule has 1 saturated heterocycles. The predicted molar refractivity (Wildman–Crippen MR) is 84.0 cm³/mol. The fourth-order valence-corrected chi connectivity index (χ4v) is 2.82. The third kappa shape index (κ3) is 2.81. The Morgan fingerprint density at radius 2 is 1.91 bits per heavy atom. The van der Waals surface area contributed by atoms with Gasteiger partial charge in [0.25, 0.3) is 0 Å². The topological polar surface area (TPSA) is 97.8 Å². The summed E-state index contributed by atoms with van der Waals surface area (Å²) in [4.78, 5) is 11.4. The molecule has 120 valence electrons. The number of hydrogen-bond acceptors (Lipinski definition) is 8. The smallest absolute Gasteiger partial charge is 0.245 e. The van der Waals surface area contributed by atoms with Gasteiger partial charge in [-0.1, -0.05) is 0 Å². The molecule has 0 radical (unpaired) electrons. The molecular formula is C14H18N8O. The zero-order valence-corrected chi connectivity index (χ0v) is 12.9. The Bertz CT molecular complexity index is 804. The van der Waals surface area contributed by atoms with Gasteiger partial charge in [0, 0.05) is 38.4 Å². The molecule has 0 unspecified atom stereocenters. The lowest BCUT2D eigenvalue weighted by molar-refractivity contribution is 0.314. The van der Waals surface area contributed by atoms with Crippen molar-refractivity contribution in [3.05, 3.63) is 18.0 Å². The largest absolute Gasteiger partial charge is 0.363 e. The van der Waals surface area contributed by atoms with E-state index < -0.39 is 0 Å². The maximum atomic E-state index is 4.74. The molecule has 0 amide bonds. The second-order valence-corrected chi connectivity index (χ2v) is 5.73. The summed E-state index contributed by atoms with van der Waals surface area (Å²) in [5.41, 5.74) is 1.94. The first-order chi connectivity index (χ1) is 11.3. The number of piperidine rings is 1. The van der Waals surface area contributed by atoms with Crippen molar-refractivity contribution < 1.29 is 4.63 Å². The lowest BCUT2D eigenvalue weighted by Crippen LogP contribution is -2.31. The summed E-state index contributed by atoms with van der Waals surface area (Å²) in [6.45, 7) is 2.58. The van der Waals surface area contributed by atoms with E-state index in [0.717, 1.165) is 24.5 Å². The van der Waals surface area contributed by atoms with E-state index in [1.165, 1.54) is 19.3 Å². The van der Waals surface area contributed by atoms with Crippen LogP contribution in [0.5, 0.6) is 0 Å². The van der Waals surface area contributed by atoms with Gasteiger partial charge in [-0.05, 0) is 29.6 Å². The first-order valence-electron chi connectivity index (χ1n) is 7.76. The van der Waals surface area contributed by atoms with Gasteiger partial charge in [-0.3, -0.25) is 4.68 Å². The van der Waals surface area contributed by atoms with Crippen LogP contribution in [0, 0.1) is 0 Å². The highest BCUT2D eigenvalue weighted by Gasteiger charge is 2.20. The number of rotatable bonds is 4.